The minimum absolute atomic E-state index is 0.0277. The van der Waals surface area contributed by atoms with Crippen LogP contribution >= 0.6 is 11.6 Å². The van der Waals surface area contributed by atoms with Gasteiger partial charge in [-0.05, 0) is 31.5 Å². The maximum atomic E-state index is 13.2. The van der Waals surface area contributed by atoms with Gasteiger partial charge in [-0.1, -0.05) is 53.2 Å². The molecule has 1 aliphatic heterocycles. The van der Waals surface area contributed by atoms with Crippen LogP contribution in [0.1, 0.15) is 21.7 Å². The van der Waals surface area contributed by atoms with Gasteiger partial charge in [-0.2, -0.15) is 0 Å². The third-order valence-corrected chi connectivity index (χ3v) is 5.44. The van der Waals surface area contributed by atoms with Crippen LogP contribution in [0.3, 0.4) is 0 Å². The van der Waals surface area contributed by atoms with E-state index in [9.17, 15) is 4.79 Å². The van der Waals surface area contributed by atoms with Crippen molar-refractivity contribution in [2.24, 2.45) is 0 Å². The number of amides is 1. The van der Waals surface area contributed by atoms with E-state index in [0.717, 1.165) is 29.4 Å². The number of anilines is 1. The van der Waals surface area contributed by atoms with E-state index in [1.54, 1.807) is 6.92 Å². The van der Waals surface area contributed by atoms with Crippen molar-refractivity contribution in [2.75, 3.05) is 31.1 Å². The van der Waals surface area contributed by atoms with Gasteiger partial charge in [0.25, 0.3) is 5.91 Å². The molecule has 144 valence electrons. The summed E-state index contributed by atoms with van der Waals surface area (Å²) in [7, 11) is 0. The van der Waals surface area contributed by atoms with Crippen LogP contribution in [0.4, 0.5) is 5.69 Å². The van der Waals surface area contributed by atoms with E-state index in [1.807, 2.05) is 53.4 Å². The van der Waals surface area contributed by atoms with E-state index in [-0.39, 0.29) is 5.91 Å². The van der Waals surface area contributed by atoms with Gasteiger partial charge < -0.3 is 14.3 Å². The summed E-state index contributed by atoms with van der Waals surface area (Å²) in [6.07, 6.45) is 0. The number of benzene rings is 2. The molecule has 0 unspecified atom stereocenters. The lowest BCUT2D eigenvalue weighted by molar-refractivity contribution is 0.0745. The van der Waals surface area contributed by atoms with Crippen LogP contribution in [-0.4, -0.2) is 42.1 Å². The third-order valence-electron chi connectivity index (χ3n) is 5.20. The Bertz CT molecular complexity index is 992. The quantitative estimate of drug-likeness (QED) is 0.651. The molecular weight excluding hydrogens is 374 g/mol. The van der Waals surface area contributed by atoms with Gasteiger partial charge in [0.15, 0.2) is 0 Å². The maximum absolute atomic E-state index is 13.2. The summed E-state index contributed by atoms with van der Waals surface area (Å²) in [6, 6.07) is 15.6. The van der Waals surface area contributed by atoms with Crippen LogP contribution < -0.4 is 4.90 Å². The number of carbonyl (C=O) groups excluding carboxylic acids is 1. The van der Waals surface area contributed by atoms with Gasteiger partial charge in [-0.25, -0.2) is 0 Å². The fraction of sp³-hybridized carbons (Fsp3) is 0.273. The van der Waals surface area contributed by atoms with E-state index >= 15 is 0 Å². The van der Waals surface area contributed by atoms with Crippen molar-refractivity contribution < 1.29 is 9.32 Å². The van der Waals surface area contributed by atoms with Crippen molar-refractivity contribution in [1.29, 1.82) is 0 Å². The Balaban J connectivity index is 1.52. The number of carbonyl (C=O) groups is 1. The standard InChI is InChI=1S/C22H22ClN3O2/c1-15-8-9-18(23)14-19(15)25-10-12-26(13-11-25)22(27)20-16(2)28-24-21(20)17-6-4-3-5-7-17/h3-9,14H,10-13H2,1-2H3. The van der Waals surface area contributed by atoms with Crippen LogP contribution in [0.5, 0.6) is 0 Å². The maximum Gasteiger partial charge on any atom is 0.259 e. The molecule has 0 radical (unpaired) electrons. The lowest BCUT2D eigenvalue weighted by atomic mass is 10.0. The van der Waals surface area contributed by atoms with Crippen LogP contribution in [-0.2, 0) is 0 Å². The van der Waals surface area contributed by atoms with E-state index in [2.05, 4.69) is 17.0 Å². The minimum atomic E-state index is -0.0277. The average molecular weight is 396 g/mol. The number of halogens is 1. The molecule has 0 spiro atoms. The normalized spacial score (nSPS) is 14.4. The van der Waals surface area contributed by atoms with Crippen molar-refractivity contribution >= 4 is 23.2 Å². The highest BCUT2D eigenvalue weighted by Gasteiger charge is 2.29. The summed E-state index contributed by atoms with van der Waals surface area (Å²) in [5.41, 5.74) is 4.36. The first kappa shape index (κ1) is 18.6. The second kappa shape index (κ2) is 7.68. The summed E-state index contributed by atoms with van der Waals surface area (Å²) in [6.45, 7) is 6.68. The number of aromatic nitrogens is 1. The molecule has 0 aliphatic carbocycles. The lowest BCUT2D eigenvalue weighted by Gasteiger charge is -2.36. The third kappa shape index (κ3) is 3.50. The highest BCUT2D eigenvalue weighted by Crippen LogP contribution is 2.28. The number of rotatable bonds is 3. The summed E-state index contributed by atoms with van der Waals surface area (Å²) in [5.74, 6) is 0.525. The smallest absolute Gasteiger partial charge is 0.259 e. The molecule has 0 bridgehead atoms. The Morgan fingerprint density at radius 1 is 1.04 bits per heavy atom. The van der Waals surface area contributed by atoms with Gasteiger partial charge in [0, 0.05) is 42.5 Å². The minimum Gasteiger partial charge on any atom is -0.368 e. The van der Waals surface area contributed by atoms with Crippen molar-refractivity contribution in [3.05, 3.63) is 70.4 Å². The summed E-state index contributed by atoms with van der Waals surface area (Å²) in [4.78, 5) is 17.4. The topological polar surface area (TPSA) is 49.6 Å². The van der Waals surface area contributed by atoms with Crippen molar-refractivity contribution in [3.8, 4) is 11.3 Å². The van der Waals surface area contributed by atoms with Gasteiger partial charge in [-0.3, -0.25) is 4.79 Å². The van der Waals surface area contributed by atoms with Crippen LogP contribution in [0, 0.1) is 13.8 Å². The molecule has 4 rings (SSSR count). The summed E-state index contributed by atoms with van der Waals surface area (Å²) >= 11 is 6.17. The molecule has 0 saturated carbocycles. The fourth-order valence-electron chi connectivity index (χ4n) is 3.65. The molecule has 0 N–H and O–H groups in total. The molecule has 1 amide bonds. The molecule has 2 heterocycles. The van der Waals surface area contributed by atoms with Gasteiger partial charge in [0.2, 0.25) is 0 Å². The number of aryl methyl sites for hydroxylation is 2. The Morgan fingerprint density at radius 2 is 1.75 bits per heavy atom. The zero-order chi connectivity index (χ0) is 19.7. The number of nitrogens with zero attached hydrogens (tertiary/aromatic N) is 3. The molecule has 1 aliphatic rings. The van der Waals surface area contributed by atoms with Crippen molar-refractivity contribution in [3.63, 3.8) is 0 Å². The van der Waals surface area contributed by atoms with Gasteiger partial charge in [0.1, 0.15) is 17.0 Å². The zero-order valence-corrected chi connectivity index (χ0v) is 16.7. The molecule has 0 atom stereocenters. The lowest BCUT2D eigenvalue weighted by Crippen LogP contribution is -2.49. The molecule has 2 aromatic carbocycles. The van der Waals surface area contributed by atoms with Crippen LogP contribution in [0.15, 0.2) is 53.1 Å². The molecular formula is C22H22ClN3O2. The first-order valence-corrected chi connectivity index (χ1v) is 9.74. The predicted molar refractivity (Wildman–Crippen MR) is 111 cm³/mol. The Hall–Kier alpha value is -2.79. The van der Waals surface area contributed by atoms with E-state index in [0.29, 0.717) is 30.1 Å². The van der Waals surface area contributed by atoms with Crippen LogP contribution in [0.25, 0.3) is 11.3 Å². The Kier molecular flexibility index (Phi) is 5.09. The SMILES string of the molecule is Cc1ccc(Cl)cc1N1CCN(C(=O)c2c(-c3ccccc3)noc2C)CC1. The second-order valence-corrected chi connectivity index (χ2v) is 7.47. The number of hydrogen-bond donors (Lipinski definition) is 0. The van der Waals surface area contributed by atoms with Crippen molar-refractivity contribution in [1.82, 2.24) is 10.1 Å². The molecule has 1 fully saturated rings. The molecule has 1 saturated heterocycles. The molecule has 6 heteroatoms. The average Bonchev–Trinajstić information content (AvgIpc) is 3.11. The first-order chi connectivity index (χ1) is 13.5. The van der Waals surface area contributed by atoms with E-state index in [1.165, 1.54) is 5.56 Å². The monoisotopic (exact) mass is 395 g/mol. The van der Waals surface area contributed by atoms with Gasteiger partial charge in [0.05, 0.1) is 0 Å². The number of hydrogen-bond acceptors (Lipinski definition) is 4. The van der Waals surface area contributed by atoms with E-state index < -0.39 is 0 Å². The first-order valence-electron chi connectivity index (χ1n) is 9.36. The van der Waals surface area contributed by atoms with E-state index in [4.69, 9.17) is 16.1 Å². The summed E-state index contributed by atoms with van der Waals surface area (Å²) < 4.78 is 5.36. The largest absolute Gasteiger partial charge is 0.368 e. The second-order valence-electron chi connectivity index (χ2n) is 7.04. The fourth-order valence-corrected chi connectivity index (χ4v) is 3.82. The molecule has 28 heavy (non-hydrogen) atoms. The zero-order valence-electron chi connectivity index (χ0n) is 16.0. The molecule has 1 aromatic heterocycles. The highest BCUT2D eigenvalue weighted by atomic mass is 35.5. The highest BCUT2D eigenvalue weighted by molar-refractivity contribution is 6.30. The number of piperazine rings is 1. The molecule has 3 aromatic rings. The summed E-state index contributed by atoms with van der Waals surface area (Å²) in [5, 5.41) is 4.87. The Labute approximate surface area is 169 Å². The van der Waals surface area contributed by atoms with Crippen LogP contribution in [0.2, 0.25) is 5.02 Å². The molecule has 5 nitrogen and oxygen atoms in total. The predicted octanol–water partition coefficient (Wildman–Crippen LogP) is 4.57. The van der Waals surface area contributed by atoms with Gasteiger partial charge in [-0.15, -0.1) is 0 Å². The van der Waals surface area contributed by atoms with Gasteiger partial charge >= 0.3 is 0 Å². The Morgan fingerprint density at radius 3 is 2.46 bits per heavy atom. The van der Waals surface area contributed by atoms with Crippen molar-refractivity contribution in [2.45, 2.75) is 13.8 Å².